The molecule has 0 N–H and O–H groups in total. The summed E-state index contributed by atoms with van der Waals surface area (Å²) in [6.45, 7) is 6.70. The second-order valence-corrected chi connectivity index (χ2v) is 19.5. The SMILES string of the molecule is CCC[CH2][Sn]([CH2]CCC)([CH2]CCC)[c]1ccccc1[N+](=O)[O-]. The first-order chi connectivity index (χ1) is 10.6. The van der Waals surface area contributed by atoms with Crippen LogP contribution in [0.2, 0.25) is 13.3 Å². The van der Waals surface area contributed by atoms with Gasteiger partial charge in [0.1, 0.15) is 0 Å². The normalized spacial score (nSPS) is 11.6. The van der Waals surface area contributed by atoms with Crippen LogP contribution in [0.1, 0.15) is 59.3 Å². The summed E-state index contributed by atoms with van der Waals surface area (Å²) in [6, 6.07) is 7.65. The van der Waals surface area contributed by atoms with Gasteiger partial charge in [-0.3, -0.25) is 0 Å². The van der Waals surface area contributed by atoms with E-state index in [1.807, 2.05) is 12.1 Å². The van der Waals surface area contributed by atoms with E-state index in [1.54, 1.807) is 6.07 Å². The first kappa shape index (κ1) is 19.5. The van der Waals surface area contributed by atoms with Crippen molar-refractivity contribution in [2.24, 2.45) is 0 Å². The molecular weight excluding hydrogens is 381 g/mol. The van der Waals surface area contributed by atoms with Crippen LogP contribution in [0.15, 0.2) is 24.3 Å². The van der Waals surface area contributed by atoms with E-state index in [0.29, 0.717) is 5.69 Å². The van der Waals surface area contributed by atoms with E-state index >= 15 is 0 Å². The number of rotatable bonds is 11. The molecule has 0 aliphatic carbocycles. The van der Waals surface area contributed by atoms with Crippen LogP contribution in [0, 0.1) is 10.1 Å². The van der Waals surface area contributed by atoms with Crippen molar-refractivity contribution in [2.45, 2.75) is 72.6 Å². The van der Waals surface area contributed by atoms with E-state index in [2.05, 4.69) is 26.8 Å². The fourth-order valence-electron chi connectivity index (χ4n) is 3.41. The fourth-order valence-corrected chi connectivity index (χ4v) is 20.0. The second-order valence-electron chi connectivity index (χ2n) is 6.37. The molecule has 0 aliphatic rings. The molecule has 1 aromatic carbocycles. The standard InChI is InChI=1S/C6H4NO2.3C4H9.Sn/c8-7(9)6-4-2-1-3-5-6;3*1-3-4-2;/h1-4H;3*1,3-4H2,2H3;. The van der Waals surface area contributed by atoms with Gasteiger partial charge in [0.2, 0.25) is 0 Å². The summed E-state index contributed by atoms with van der Waals surface area (Å²) in [6.07, 6.45) is 7.27. The van der Waals surface area contributed by atoms with Crippen molar-refractivity contribution < 1.29 is 4.92 Å². The molecule has 0 saturated heterocycles. The summed E-state index contributed by atoms with van der Waals surface area (Å²) < 4.78 is 5.00. The van der Waals surface area contributed by atoms with E-state index in [-0.39, 0.29) is 4.92 Å². The number of hydrogen-bond acceptors (Lipinski definition) is 2. The van der Waals surface area contributed by atoms with Crippen molar-refractivity contribution in [2.75, 3.05) is 0 Å². The summed E-state index contributed by atoms with van der Waals surface area (Å²) in [5.41, 5.74) is 0.404. The summed E-state index contributed by atoms with van der Waals surface area (Å²) >= 11 is -2.69. The van der Waals surface area contributed by atoms with Gasteiger partial charge in [-0.25, -0.2) is 0 Å². The molecule has 0 saturated carbocycles. The van der Waals surface area contributed by atoms with E-state index < -0.39 is 18.4 Å². The molecule has 0 aromatic heterocycles. The zero-order valence-electron chi connectivity index (χ0n) is 14.4. The predicted octanol–water partition coefficient (Wildman–Crippen LogP) is 5.65. The molecule has 0 heterocycles. The Kier molecular flexibility index (Phi) is 9.06. The molecule has 0 atom stereocenters. The Hall–Kier alpha value is -0.581. The minimum atomic E-state index is -2.69. The number of nitro groups is 1. The first-order valence-electron chi connectivity index (χ1n) is 8.85. The monoisotopic (exact) mass is 413 g/mol. The van der Waals surface area contributed by atoms with Crippen molar-refractivity contribution in [3.8, 4) is 0 Å². The number of nitrogens with zero attached hydrogens (tertiary/aromatic N) is 1. The van der Waals surface area contributed by atoms with Crippen LogP contribution < -0.4 is 3.58 Å². The van der Waals surface area contributed by atoms with Gasteiger partial charge in [-0.1, -0.05) is 0 Å². The average Bonchev–Trinajstić information content (AvgIpc) is 2.54. The van der Waals surface area contributed by atoms with Gasteiger partial charge < -0.3 is 0 Å². The third-order valence-corrected chi connectivity index (χ3v) is 20.4. The summed E-state index contributed by atoms with van der Waals surface area (Å²) in [4.78, 5) is 11.4. The van der Waals surface area contributed by atoms with Crippen LogP contribution >= 0.6 is 0 Å². The number of unbranched alkanes of at least 4 members (excludes halogenated alkanes) is 3. The Morgan fingerprint density at radius 3 is 1.77 bits per heavy atom. The maximum absolute atomic E-state index is 11.5. The first-order valence-corrected chi connectivity index (χ1v) is 16.3. The second kappa shape index (κ2) is 10.2. The zero-order chi connectivity index (χ0) is 16.4. The molecule has 0 fully saturated rings. The Bertz CT molecular complexity index is 440. The summed E-state index contributed by atoms with van der Waals surface area (Å²) in [5.74, 6) is 0. The van der Waals surface area contributed by atoms with E-state index in [4.69, 9.17) is 0 Å². The van der Waals surface area contributed by atoms with Crippen LogP contribution in [-0.2, 0) is 0 Å². The van der Waals surface area contributed by atoms with Gasteiger partial charge in [0.05, 0.1) is 0 Å². The topological polar surface area (TPSA) is 43.1 Å². The Balaban J connectivity index is 3.28. The van der Waals surface area contributed by atoms with E-state index in [1.165, 1.54) is 55.4 Å². The van der Waals surface area contributed by atoms with Crippen LogP contribution in [-0.4, -0.2) is 23.3 Å². The maximum atomic E-state index is 11.5. The van der Waals surface area contributed by atoms with Gasteiger partial charge in [0, 0.05) is 0 Å². The summed E-state index contributed by atoms with van der Waals surface area (Å²) in [7, 11) is 0. The quantitative estimate of drug-likeness (QED) is 0.268. The molecule has 0 spiro atoms. The van der Waals surface area contributed by atoms with E-state index in [0.717, 1.165) is 0 Å². The number of nitro benzene ring substituents is 1. The fraction of sp³-hybridized carbons (Fsp3) is 0.667. The van der Waals surface area contributed by atoms with Gasteiger partial charge in [-0.2, -0.15) is 0 Å². The zero-order valence-corrected chi connectivity index (χ0v) is 17.3. The molecule has 4 heteroatoms. The van der Waals surface area contributed by atoms with Gasteiger partial charge in [-0.05, 0) is 0 Å². The number of para-hydroxylation sites is 1. The third-order valence-electron chi connectivity index (χ3n) is 4.70. The van der Waals surface area contributed by atoms with Gasteiger partial charge >= 0.3 is 140 Å². The Morgan fingerprint density at radius 1 is 0.909 bits per heavy atom. The molecule has 0 aliphatic heterocycles. The molecule has 124 valence electrons. The Labute approximate surface area is 139 Å². The molecule has 0 radical (unpaired) electrons. The third kappa shape index (κ3) is 5.25. The number of hydrogen-bond donors (Lipinski definition) is 0. The average molecular weight is 412 g/mol. The van der Waals surface area contributed by atoms with Crippen molar-refractivity contribution in [3.05, 3.63) is 34.4 Å². The molecule has 22 heavy (non-hydrogen) atoms. The van der Waals surface area contributed by atoms with Crippen molar-refractivity contribution in [3.63, 3.8) is 0 Å². The van der Waals surface area contributed by atoms with Crippen molar-refractivity contribution in [1.82, 2.24) is 0 Å². The molecule has 1 rings (SSSR count). The van der Waals surface area contributed by atoms with E-state index in [9.17, 15) is 10.1 Å². The molecular formula is C18H31NO2Sn. The predicted molar refractivity (Wildman–Crippen MR) is 97.6 cm³/mol. The molecule has 3 nitrogen and oxygen atoms in total. The van der Waals surface area contributed by atoms with Crippen molar-refractivity contribution in [1.29, 1.82) is 0 Å². The van der Waals surface area contributed by atoms with Crippen molar-refractivity contribution >= 4 is 27.6 Å². The van der Waals surface area contributed by atoms with Crippen LogP contribution in [0.4, 0.5) is 5.69 Å². The van der Waals surface area contributed by atoms with Gasteiger partial charge in [-0.15, -0.1) is 0 Å². The minimum absolute atomic E-state index is 0.148. The molecule has 0 bridgehead atoms. The van der Waals surface area contributed by atoms with Crippen LogP contribution in [0.5, 0.6) is 0 Å². The van der Waals surface area contributed by atoms with Gasteiger partial charge in [0.15, 0.2) is 0 Å². The molecule has 0 unspecified atom stereocenters. The molecule has 0 amide bonds. The Morgan fingerprint density at radius 2 is 1.36 bits per heavy atom. The summed E-state index contributed by atoms with van der Waals surface area (Å²) in [5, 5.41) is 11.5. The van der Waals surface area contributed by atoms with Gasteiger partial charge in [0.25, 0.3) is 0 Å². The molecule has 1 aromatic rings. The van der Waals surface area contributed by atoms with Crippen LogP contribution in [0.3, 0.4) is 0 Å². The van der Waals surface area contributed by atoms with Crippen LogP contribution in [0.25, 0.3) is 0 Å². The number of benzene rings is 1.